The van der Waals surface area contributed by atoms with Gasteiger partial charge in [0.05, 0.1) is 5.56 Å². The first-order valence-electron chi connectivity index (χ1n) is 4.98. The molecule has 0 fully saturated rings. The molecule has 1 aromatic carbocycles. The zero-order chi connectivity index (χ0) is 14.1. The van der Waals surface area contributed by atoms with Crippen LogP contribution in [-0.4, -0.2) is 0 Å². The van der Waals surface area contributed by atoms with Crippen molar-refractivity contribution in [3.63, 3.8) is 0 Å². The Hall–Kier alpha value is -2.41. The quantitative estimate of drug-likeness (QED) is 0.459. The number of hydrogen-bond donors (Lipinski definition) is 0. The summed E-state index contributed by atoms with van der Waals surface area (Å²) < 4.78 is 31.6. The normalized spacial score (nSPS) is 9.78. The molecule has 0 spiro atoms. The standard InChI is InChI=1S/C12H9F2NO.C2H4/c1-3-9(4-2)16-12-6-10(13)8(7-15)5-11(12)14;1-2/h3-6H,1H2,2H3;1-2H2/b9-4+;. The van der Waals surface area contributed by atoms with Crippen molar-refractivity contribution in [1.29, 1.82) is 5.26 Å². The Labute approximate surface area is 105 Å². The van der Waals surface area contributed by atoms with Gasteiger partial charge >= 0.3 is 0 Å². The highest BCUT2D eigenvalue weighted by atomic mass is 19.1. The molecule has 0 amide bonds. The van der Waals surface area contributed by atoms with E-state index in [1.807, 2.05) is 0 Å². The fraction of sp³-hybridized carbons (Fsp3) is 0.0714. The SMILES string of the molecule is C=C.C=C/C(=C\C)Oc1cc(F)c(C#N)cc1F. The third-order valence-electron chi connectivity index (χ3n) is 1.86. The van der Waals surface area contributed by atoms with Crippen LogP contribution in [0, 0.1) is 23.0 Å². The molecule has 0 saturated carbocycles. The summed E-state index contributed by atoms with van der Waals surface area (Å²) in [6, 6.07) is 3.17. The van der Waals surface area contributed by atoms with Crippen molar-refractivity contribution in [1.82, 2.24) is 0 Å². The lowest BCUT2D eigenvalue weighted by Crippen LogP contribution is -1.97. The van der Waals surface area contributed by atoms with Gasteiger partial charge in [-0.1, -0.05) is 6.58 Å². The van der Waals surface area contributed by atoms with E-state index in [-0.39, 0.29) is 11.3 Å². The molecule has 0 heterocycles. The Morgan fingerprint density at radius 1 is 1.33 bits per heavy atom. The number of rotatable bonds is 3. The maximum atomic E-state index is 13.3. The van der Waals surface area contributed by atoms with Crippen LogP contribution in [0.3, 0.4) is 0 Å². The Morgan fingerprint density at radius 2 is 1.94 bits per heavy atom. The summed E-state index contributed by atoms with van der Waals surface area (Å²) in [6.45, 7) is 11.1. The van der Waals surface area contributed by atoms with Crippen LogP contribution in [0.25, 0.3) is 0 Å². The molecule has 0 aliphatic rings. The number of allylic oxidation sites excluding steroid dienone is 2. The van der Waals surface area contributed by atoms with Gasteiger partial charge in [0.2, 0.25) is 0 Å². The first-order chi connectivity index (χ1) is 8.62. The molecule has 4 heteroatoms. The summed E-state index contributed by atoms with van der Waals surface area (Å²) in [5, 5.41) is 8.48. The number of nitrogens with zero attached hydrogens (tertiary/aromatic N) is 1. The third-order valence-corrected chi connectivity index (χ3v) is 1.86. The molecule has 0 unspecified atom stereocenters. The van der Waals surface area contributed by atoms with Gasteiger partial charge in [-0.15, -0.1) is 13.2 Å². The number of benzene rings is 1. The lowest BCUT2D eigenvalue weighted by molar-refractivity contribution is 0.406. The van der Waals surface area contributed by atoms with Gasteiger partial charge in [-0.05, 0) is 25.1 Å². The van der Waals surface area contributed by atoms with Crippen molar-refractivity contribution < 1.29 is 13.5 Å². The average molecular weight is 249 g/mol. The Morgan fingerprint density at radius 3 is 2.39 bits per heavy atom. The van der Waals surface area contributed by atoms with E-state index in [0.29, 0.717) is 5.76 Å². The van der Waals surface area contributed by atoms with Crippen LogP contribution in [0.2, 0.25) is 0 Å². The highest BCUT2D eigenvalue weighted by Crippen LogP contribution is 2.23. The summed E-state index contributed by atoms with van der Waals surface area (Å²) in [7, 11) is 0. The molecule has 0 saturated heterocycles. The van der Waals surface area contributed by atoms with E-state index in [4.69, 9.17) is 10.00 Å². The molecule has 0 radical (unpaired) electrons. The van der Waals surface area contributed by atoms with E-state index in [2.05, 4.69) is 19.7 Å². The lowest BCUT2D eigenvalue weighted by Gasteiger charge is -2.07. The number of ether oxygens (including phenoxy) is 1. The van der Waals surface area contributed by atoms with Gasteiger partial charge < -0.3 is 4.74 Å². The number of hydrogen-bond acceptors (Lipinski definition) is 2. The molecule has 18 heavy (non-hydrogen) atoms. The van der Waals surface area contributed by atoms with Crippen LogP contribution in [0.4, 0.5) is 8.78 Å². The van der Waals surface area contributed by atoms with Crippen molar-refractivity contribution in [2.24, 2.45) is 0 Å². The second kappa shape index (κ2) is 7.80. The summed E-state index contributed by atoms with van der Waals surface area (Å²) in [4.78, 5) is 0. The minimum atomic E-state index is -0.821. The molecule has 1 aromatic rings. The monoisotopic (exact) mass is 249 g/mol. The van der Waals surface area contributed by atoms with E-state index in [1.165, 1.54) is 12.1 Å². The summed E-state index contributed by atoms with van der Waals surface area (Å²) >= 11 is 0. The van der Waals surface area contributed by atoms with Crippen molar-refractivity contribution in [3.05, 3.63) is 67.0 Å². The van der Waals surface area contributed by atoms with Crippen LogP contribution in [-0.2, 0) is 0 Å². The van der Waals surface area contributed by atoms with Gasteiger partial charge in [0.15, 0.2) is 11.6 Å². The smallest absolute Gasteiger partial charge is 0.167 e. The van der Waals surface area contributed by atoms with Crippen LogP contribution in [0.15, 0.2) is 49.8 Å². The second-order valence-corrected chi connectivity index (χ2v) is 2.87. The van der Waals surface area contributed by atoms with Gasteiger partial charge in [-0.2, -0.15) is 5.26 Å². The fourth-order valence-electron chi connectivity index (χ4n) is 1.04. The number of nitriles is 1. The van der Waals surface area contributed by atoms with Crippen molar-refractivity contribution >= 4 is 0 Å². The highest BCUT2D eigenvalue weighted by molar-refractivity contribution is 5.38. The Kier molecular flexibility index (Phi) is 6.75. The van der Waals surface area contributed by atoms with E-state index < -0.39 is 11.6 Å². The van der Waals surface area contributed by atoms with Gasteiger partial charge in [0.1, 0.15) is 17.6 Å². The first-order valence-corrected chi connectivity index (χ1v) is 4.98. The van der Waals surface area contributed by atoms with Crippen molar-refractivity contribution in [3.8, 4) is 11.8 Å². The van der Waals surface area contributed by atoms with Crippen LogP contribution in [0.5, 0.6) is 5.75 Å². The minimum absolute atomic E-state index is 0.274. The molecule has 0 aromatic heterocycles. The van der Waals surface area contributed by atoms with E-state index in [9.17, 15) is 8.78 Å². The van der Waals surface area contributed by atoms with E-state index >= 15 is 0 Å². The van der Waals surface area contributed by atoms with E-state index in [1.54, 1.807) is 13.0 Å². The van der Waals surface area contributed by atoms with Gasteiger partial charge in [0.25, 0.3) is 0 Å². The van der Waals surface area contributed by atoms with Crippen molar-refractivity contribution in [2.45, 2.75) is 6.92 Å². The highest BCUT2D eigenvalue weighted by Gasteiger charge is 2.11. The van der Waals surface area contributed by atoms with Crippen molar-refractivity contribution in [2.75, 3.05) is 0 Å². The predicted octanol–water partition coefficient (Wildman–Crippen LogP) is 4.11. The van der Waals surface area contributed by atoms with Crippen LogP contribution in [0.1, 0.15) is 12.5 Å². The van der Waals surface area contributed by atoms with E-state index in [0.717, 1.165) is 12.1 Å². The lowest BCUT2D eigenvalue weighted by atomic mass is 10.2. The Balaban J connectivity index is 0.00000137. The third kappa shape index (κ3) is 3.87. The zero-order valence-corrected chi connectivity index (χ0v) is 10.0. The summed E-state index contributed by atoms with van der Waals surface area (Å²) in [5.74, 6) is -1.58. The van der Waals surface area contributed by atoms with Crippen LogP contribution < -0.4 is 4.74 Å². The molecular weight excluding hydrogens is 236 g/mol. The first kappa shape index (κ1) is 15.6. The maximum absolute atomic E-state index is 13.3. The maximum Gasteiger partial charge on any atom is 0.167 e. The molecule has 0 bridgehead atoms. The minimum Gasteiger partial charge on any atom is -0.455 e. The molecule has 94 valence electrons. The van der Waals surface area contributed by atoms with Gasteiger partial charge in [0, 0.05) is 6.07 Å². The van der Waals surface area contributed by atoms with Gasteiger partial charge in [-0.25, -0.2) is 8.78 Å². The Bertz CT molecular complexity index is 501. The van der Waals surface area contributed by atoms with Gasteiger partial charge in [-0.3, -0.25) is 0 Å². The van der Waals surface area contributed by atoms with Crippen LogP contribution >= 0.6 is 0 Å². The fourth-order valence-corrected chi connectivity index (χ4v) is 1.04. The molecule has 0 atom stereocenters. The molecule has 0 aliphatic heterocycles. The number of halogens is 2. The molecule has 2 nitrogen and oxygen atoms in total. The molecule has 0 N–H and O–H groups in total. The molecule has 1 rings (SSSR count). The second-order valence-electron chi connectivity index (χ2n) is 2.87. The predicted molar refractivity (Wildman–Crippen MR) is 66.9 cm³/mol. The topological polar surface area (TPSA) is 33.0 Å². The molecule has 0 aliphatic carbocycles. The zero-order valence-electron chi connectivity index (χ0n) is 10.0. The largest absolute Gasteiger partial charge is 0.455 e. The molecular formula is C14H13F2NO. The summed E-state index contributed by atoms with van der Waals surface area (Å²) in [5.41, 5.74) is -0.356. The average Bonchev–Trinajstić information content (AvgIpc) is 2.41. The summed E-state index contributed by atoms with van der Waals surface area (Å²) in [6.07, 6.45) is 2.93.